The van der Waals surface area contributed by atoms with Gasteiger partial charge in [-0.2, -0.15) is 4.98 Å². The quantitative estimate of drug-likeness (QED) is 0.851. The molecule has 0 radical (unpaired) electrons. The highest BCUT2D eigenvalue weighted by Gasteiger charge is 2.07. The maximum absolute atomic E-state index is 13.0. The van der Waals surface area contributed by atoms with Crippen LogP contribution in [-0.4, -0.2) is 4.98 Å². The van der Waals surface area contributed by atoms with Crippen molar-refractivity contribution in [2.24, 2.45) is 0 Å². The topological polar surface area (TPSA) is 48.1 Å². The Hall–Kier alpha value is -1.33. The third kappa shape index (κ3) is 2.87. The molecule has 0 aliphatic rings. The van der Waals surface area contributed by atoms with Gasteiger partial charge in [-0.1, -0.05) is 11.6 Å². The Morgan fingerprint density at radius 2 is 2.06 bits per heavy atom. The third-order valence-electron chi connectivity index (χ3n) is 1.96. The molecule has 1 heterocycles. The summed E-state index contributed by atoms with van der Waals surface area (Å²) >= 11 is 8.78. The van der Waals surface area contributed by atoms with Crippen molar-refractivity contribution in [3.8, 4) is 11.6 Å². The molecular weight excluding hydrogens is 310 g/mol. The second-order valence-electron chi connectivity index (χ2n) is 3.21. The van der Waals surface area contributed by atoms with Crippen LogP contribution in [0, 0.1) is 5.82 Å². The molecule has 2 rings (SSSR count). The molecule has 0 bridgehead atoms. The SMILES string of the molecule is Nc1ccc(Cl)nc1Oc1ccc(F)c(Br)c1. The number of anilines is 1. The Bertz CT molecular complexity index is 565. The first kappa shape index (κ1) is 12.1. The molecule has 2 N–H and O–H groups in total. The van der Waals surface area contributed by atoms with Crippen LogP contribution in [0.4, 0.5) is 10.1 Å². The van der Waals surface area contributed by atoms with E-state index in [1.807, 2.05) is 0 Å². The van der Waals surface area contributed by atoms with E-state index in [1.165, 1.54) is 18.2 Å². The van der Waals surface area contributed by atoms with Crippen LogP contribution >= 0.6 is 27.5 Å². The summed E-state index contributed by atoms with van der Waals surface area (Å²) in [5.41, 5.74) is 6.03. The van der Waals surface area contributed by atoms with E-state index in [2.05, 4.69) is 20.9 Å². The zero-order chi connectivity index (χ0) is 12.4. The lowest BCUT2D eigenvalue weighted by Crippen LogP contribution is -1.95. The summed E-state index contributed by atoms with van der Waals surface area (Å²) in [7, 11) is 0. The van der Waals surface area contributed by atoms with Crippen molar-refractivity contribution in [2.75, 3.05) is 5.73 Å². The molecule has 2 aromatic rings. The van der Waals surface area contributed by atoms with Crippen LogP contribution < -0.4 is 10.5 Å². The van der Waals surface area contributed by atoms with Crippen molar-refractivity contribution in [2.45, 2.75) is 0 Å². The van der Waals surface area contributed by atoms with E-state index in [0.717, 1.165) is 0 Å². The first-order valence-electron chi connectivity index (χ1n) is 4.61. The molecule has 0 atom stereocenters. The standard InChI is InChI=1S/C11H7BrClFN2O/c12-7-5-6(1-2-8(7)14)17-11-9(15)3-4-10(13)16-11/h1-5H,15H2. The largest absolute Gasteiger partial charge is 0.437 e. The van der Waals surface area contributed by atoms with Gasteiger partial charge in [0.1, 0.15) is 16.7 Å². The van der Waals surface area contributed by atoms with Crippen molar-refractivity contribution >= 4 is 33.2 Å². The van der Waals surface area contributed by atoms with E-state index in [9.17, 15) is 4.39 Å². The maximum atomic E-state index is 13.0. The number of nitrogens with two attached hydrogens (primary N) is 1. The van der Waals surface area contributed by atoms with Gasteiger partial charge in [0.05, 0.1) is 10.2 Å². The van der Waals surface area contributed by atoms with Gasteiger partial charge in [0.2, 0.25) is 5.88 Å². The van der Waals surface area contributed by atoms with Gasteiger partial charge in [-0.3, -0.25) is 0 Å². The summed E-state index contributed by atoms with van der Waals surface area (Å²) in [6.45, 7) is 0. The van der Waals surface area contributed by atoms with Crippen LogP contribution in [0.2, 0.25) is 5.15 Å². The number of aromatic nitrogens is 1. The number of nitrogen functional groups attached to an aromatic ring is 1. The van der Waals surface area contributed by atoms with Crippen LogP contribution in [-0.2, 0) is 0 Å². The van der Waals surface area contributed by atoms with Gasteiger partial charge < -0.3 is 10.5 Å². The van der Waals surface area contributed by atoms with Gasteiger partial charge in [-0.25, -0.2) is 4.39 Å². The van der Waals surface area contributed by atoms with Gasteiger partial charge >= 0.3 is 0 Å². The van der Waals surface area contributed by atoms with Crippen LogP contribution in [0.15, 0.2) is 34.8 Å². The molecule has 6 heteroatoms. The van der Waals surface area contributed by atoms with Crippen LogP contribution in [0.1, 0.15) is 0 Å². The van der Waals surface area contributed by atoms with Crippen molar-refractivity contribution in [3.63, 3.8) is 0 Å². The molecule has 1 aromatic heterocycles. The fourth-order valence-corrected chi connectivity index (χ4v) is 1.66. The molecule has 17 heavy (non-hydrogen) atoms. The molecule has 3 nitrogen and oxygen atoms in total. The van der Waals surface area contributed by atoms with Crippen molar-refractivity contribution in [1.82, 2.24) is 4.98 Å². The Morgan fingerprint density at radius 3 is 2.76 bits per heavy atom. The minimum atomic E-state index is -0.371. The van der Waals surface area contributed by atoms with E-state index >= 15 is 0 Å². The second kappa shape index (κ2) is 4.89. The zero-order valence-electron chi connectivity index (χ0n) is 8.45. The normalized spacial score (nSPS) is 10.3. The molecule has 88 valence electrons. The van der Waals surface area contributed by atoms with Crippen molar-refractivity contribution in [1.29, 1.82) is 0 Å². The summed E-state index contributed by atoms with van der Waals surface area (Å²) in [6, 6.07) is 7.38. The molecule has 0 aliphatic heterocycles. The van der Waals surface area contributed by atoms with Gasteiger partial charge in [-0.15, -0.1) is 0 Å². The van der Waals surface area contributed by atoms with Crippen molar-refractivity contribution < 1.29 is 9.13 Å². The van der Waals surface area contributed by atoms with Crippen LogP contribution in [0.5, 0.6) is 11.6 Å². The third-order valence-corrected chi connectivity index (χ3v) is 2.78. The predicted octanol–water partition coefficient (Wildman–Crippen LogP) is 4.01. The van der Waals surface area contributed by atoms with E-state index in [4.69, 9.17) is 22.1 Å². The molecule has 0 saturated carbocycles. The van der Waals surface area contributed by atoms with Crippen LogP contribution in [0.3, 0.4) is 0 Å². The lowest BCUT2D eigenvalue weighted by Gasteiger charge is -2.07. The summed E-state index contributed by atoms with van der Waals surface area (Å²) < 4.78 is 18.7. The van der Waals surface area contributed by atoms with Crippen molar-refractivity contribution in [3.05, 3.63) is 45.8 Å². The fourth-order valence-electron chi connectivity index (χ4n) is 1.16. The Balaban J connectivity index is 2.31. The maximum Gasteiger partial charge on any atom is 0.244 e. The number of pyridine rings is 1. The summed E-state index contributed by atoms with van der Waals surface area (Å²) in [6.07, 6.45) is 0. The van der Waals surface area contributed by atoms with E-state index in [1.54, 1.807) is 12.1 Å². The van der Waals surface area contributed by atoms with Gasteiger partial charge in [0.25, 0.3) is 0 Å². The highest BCUT2D eigenvalue weighted by atomic mass is 79.9. The lowest BCUT2D eigenvalue weighted by molar-refractivity contribution is 0.463. The smallest absolute Gasteiger partial charge is 0.244 e. The Labute approximate surface area is 110 Å². The zero-order valence-corrected chi connectivity index (χ0v) is 10.8. The molecule has 0 saturated heterocycles. The van der Waals surface area contributed by atoms with E-state index < -0.39 is 0 Å². The fraction of sp³-hybridized carbons (Fsp3) is 0. The van der Waals surface area contributed by atoms with Gasteiger partial charge in [-0.05, 0) is 46.3 Å². The number of ether oxygens (including phenoxy) is 1. The van der Waals surface area contributed by atoms with Crippen LogP contribution in [0.25, 0.3) is 0 Å². The predicted molar refractivity (Wildman–Crippen MR) is 67.8 cm³/mol. The number of benzene rings is 1. The molecule has 1 aromatic carbocycles. The molecule has 0 fully saturated rings. The molecular formula is C11H7BrClFN2O. The number of nitrogens with zero attached hydrogens (tertiary/aromatic N) is 1. The highest BCUT2D eigenvalue weighted by molar-refractivity contribution is 9.10. The summed E-state index contributed by atoms with van der Waals surface area (Å²) in [4.78, 5) is 3.93. The van der Waals surface area contributed by atoms with E-state index in [-0.39, 0.29) is 16.9 Å². The minimum Gasteiger partial charge on any atom is -0.437 e. The monoisotopic (exact) mass is 316 g/mol. The lowest BCUT2D eigenvalue weighted by atomic mass is 10.3. The Kier molecular flexibility index (Phi) is 3.49. The molecule has 0 spiro atoms. The van der Waals surface area contributed by atoms with Gasteiger partial charge in [0.15, 0.2) is 0 Å². The molecule has 0 amide bonds. The average molecular weight is 318 g/mol. The second-order valence-corrected chi connectivity index (χ2v) is 4.45. The minimum absolute atomic E-state index is 0.191. The Morgan fingerprint density at radius 1 is 1.29 bits per heavy atom. The first-order chi connectivity index (χ1) is 8.06. The number of rotatable bonds is 2. The highest BCUT2D eigenvalue weighted by Crippen LogP contribution is 2.29. The number of hydrogen-bond donors (Lipinski definition) is 1. The molecule has 0 unspecified atom stereocenters. The first-order valence-corrected chi connectivity index (χ1v) is 5.78. The van der Waals surface area contributed by atoms with Gasteiger partial charge in [0, 0.05) is 0 Å². The number of hydrogen-bond acceptors (Lipinski definition) is 3. The average Bonchev–Trinajstić information content (AvgIpc) is 2.29. The van der Waals surface area contributed by atoms with E-state index in [0.29, 0.717) is 15.9 Å². The molecule has 0 aliphatic carbocycles. The number of halogens is 3. The summed E-state index contributed by atoms with van der Waals surface area (Å²) in [5.74, 6) is 0.236. The summed E-state index contributed by atoms with van der Waals surface area (Å²) in [5, 5.41) is 0.273.